The van der Waals surface area contributed by atoms with Crippen LogP contribution in [0.3, 0.4) is 0 Å². The summed E-state index contributed by atoms with van der Waals surface area (Å²) in [4.78, 5) is 3.84. The minimum atomic E-state index is 0. The van der Waals surface area contributed by atoms with E-state index in [1.54, 1.807) is 7.05 Å². The number of nitrogens with zero attached hydrogens (tertiary/aromatic N) is 1. The maximum Gasteiger partial charge on any atom is 0.0964 e. The Morgan fingerprint density at radius 3 is 2.25 bits per heavy atom. The minimum Gasteiger partial charge on any atom is -0.387 e. The van der Waals surface area contributed by atoms with Gasteiger partial charge in [0.1, 0.15) is 0 Å². The standard InChI is InChI=1S/C5H10N2.ClH/c1-7-5(6)4-2-3-4;/h4H,2-3H2,1H3,(H2,6,7);1H. The highest BCUT2D eigenvalue weighted by Gasteiger charge is 2.24. The van der Waals surface area contributed by atoms with Crippen molar-refractivity contribution in [3.05, 3.63) is 0 Å². The molecule has 48 valence electrons. The first-order valence-electron chi connectivity index (χ1n) is 2.56. The second-order valence-corrected chi connectivity index (χ2v) is 1.92. The van der Waals surface area contributed by atoms with E-state index in [1.165, 1.54) is 12.8 Å². The van der Waals surface area contributed by atoms with E-state index in [2.05, 4.69) is 4.99 Å². The Morgan fingerprint density at radius 1 is 1.62 bits per heavy atom. The quantitative estimate of drug-likeness (QED) is 0.418. The Morgan fingerprint density at radius 2 is 2.12 bits per heavy atom. The predicted octanol–water partition coefficient (Wildman–Crippen LogP) is 0.805. The zero-order valence-corrected chi connectivity index (χ0v) is 5.74. The van der Waals surface area contributed by atoms with Crippen molar-refractivity contribution in [2.45, 2.75) is 12.8 Å². The Kier molecular flexibility index (Phi) is 2.84. The van der Waals surface area contributed by atoms with Crippen LogP contribution in [0.5, 0.6) is 0 Å². The Balaban J connectivity index is 0.000000490. The lowest BCUT2D eigenvalue weighted by atomic mass is 10.4. The molecule has 0 atom stereocenters. The number of nitrogens with two attached hydrogens (primary N) is 1. The highest BCUT2D eigenvalue weighted by Crippen LogP contribution is 2.28. The molecular weight excluding hydrogens is 124 g/mol. The predicted molar refractivity (Wildman–Crippen MR) is 37.5 cm³/mol. The molecule has 0 amide bonds. The molecule has 8 heavy (non-hydrogen) atoms. The van der Waals surface area contributed by atoms with Crippen molar-refractivity contribution in [1.29, 1.82) is 0 Å². The van der Waals surface area contributed by atoms with Gasteiger partial charge in [-0.3, -0.25) is 4.99 Å². The normalized spacial score (nSPS) is 19.9. The van der Waals surface area contributed by atoms with Gasteiger partial charge < -0.3 is 5.73 Å². The lowest BCUT2D eigenvalue weighted by Gasteiger charge is -1.88. The van der Waals surface area contributed by atoms with Gasteiger partial charge in [0.2, 0.25) is 0 Å². The fraction of sp³-hybridized carbons (Fsp3) is 0.800. The summed E-state index contributed by atoms with van der Waals surface area (Å²) in [6, 6.07) is 0. The van der Waals surface area contributed by atoms with Crippen LogP contribution in [0.2, 0.25) is 0 Å². The van der Waals surface area contributed by atoms with Crippen LogP contribution in [0.1, 0.15) is 12.8 Å². The van der Waals surface area contributed by atoms with Crippen molar-refractivity contribution >= 4 is 18.2 Å². The topological polar surface area (TPSA) is 38.4 Å². The summed E-state index contributed by atoms with van der Waals surface area (Å²) in [6.07, 6.45) is 2.51. The molecule has 1 saturated carbocycles. The van der Waals surface area contributed by atoms with Crippen LogP contribution in [0.25, 0.3) is 0 Å². The maximum atomic E-state index is 5.43. The van der Waals surface area contributed by atoms with Gasteiger partial charge in [0.05, 0.1) is 5.84 Å². The molecule has 3 heteroatoms. The summed E-state index contributed by atoms with van der Waals surface area (Å²) < 4.78 is 0. The summed E-state index contributed by atoms with van der Waals surface area (Å²) in [5, 5.41) is 0. The molecule has 1 aliphatic carbocycles. The maximum absolute atomic E-state index is 5.43. The largest absolute Gasteiger partial charge is 0.387 e. The zero-order valence-electron chi connectivity index (χ0n) is 4.92. The second-order valence-electron chi connectivity index (χ2n) is 1.92. The molecule has 0 spiro atoms. The number of halogens is 1. The van der Waals surface area contributed by atoms with Crippen LogP contribution >= 0.6 is 12.4 Å². The van der Waals surface area contributed by atoms with Gasteiger partial charge in [0, 0.05) is 13.0 Å². The lowest BCUT2D eigenvalue weighted by molar-refractivity contribution is 1.14. The molecule has 0 aliphatic heterocycles. The van der Waals surface area contributed by atoms with E-state index in [9.17, 15) is 0 Å². The van der Waals surface area contributed by atoms with E-state index in [4.69, 9.17) is 5.73 Å². The van der Waals surface area contributed by atoms with E-state index in [1.807, 2.05) is 0 Å². The molecule has 1 aliphatic rings. The third-order valence-corrected chi connectivity index (χ3v) is 1.25. The number of amidine groups is 1. The smallest absolute Gasteiger partial charge is 0.0964 e. The second kappa shape index (κ2) is 2.92. The van der Waals surface area contributed by atoms with Gasteiger partial charge >= 0.3 is 0 Å². The molecular formula is C5H11ClN2. The van der Waals surface area contributed by atoms with Crippen molar-refractivity contribution < 1.29 is 0 Å². The van der Waals surface area contributed by atoms with E-state index in [0.717, 1.165) is 5.84 Å². The number of aliphatic imine (C=N–C) groups is 1. The minimum absolute atomic E-state index is 0. The molecule has 2 nitrogen and oxygen atoms in total. The first-order chi connectivity index (χ1) is 3.34. The molecule has 0 aromatic carbocycles. The Hall–Kier alpha value is -0.240. The van der Waals surface area contributed by atoms with E-state index < -0.39 is 0 Å². The summed E-state index contributed by atoms with van der Waals surface area (Å²) in [7, 11) is 1.74. The van der Waals surface area contributed by atoms with Gasteiger partial charge in [-0.15, -0.1) is 12.4 Å². The first-order valence-corrected chi connectivity index (χ1v) is 2.56. The summed E-state index contributed by atoms with van der Waals surface area (Å²) in [5.74, 6) is 1.48. The van der Waals surface area contributed by atoms with Crippen LogP contribution in [0.15, 0.2) is 4.99 Å². The number of rotatable bonds is 1. The zero-order chi connectivity index (χ0) is 5.28. The summed E-state index contributed by atoms with van der Waals surface area (Å²) in [5.41, 5.74) is 5.43. The van der Waals surface area contributed by atoms with Gasteiger partial charge in [-0.25, -0.2) is 0 Å². The third kappa shape index (κ3) is 1.70. The van der Waals surface area contributed by atoms with Crippen molar-refractivity contribution in [2.75, 3.05) is 7.05 Å². The molecule has 0 aromatic heterocycles. The molecule has 0 radical (unpaired) electrons. The monoisotopic (exact) mass is 134 g/mol. The van der Waals surface area contributed by atoms with Crippen molar-refractivity contribution in [2.24, 2.45) is 16.6 Å². The average Bonchev–Trinajstić information content (AvgIpc) is 2.44. The molecule has 0 aromatic rings. The highest BCUT2D eigenvalue weighted by molar-refractivity contribution is 5.85. The Labute approximate surface area is 55.6 Å². The third-order valence-electron chi connectivity index (χ3n) is 1.25. The molecule has 1 fully saturated rings. The number of hydrogen-bond acceptors (Lipinski definition) is 1. The van der Waals surface area contributed by atoms with E-state index >= 15 is 0 Å². The van der Waals surface area contributed by atoms with Crippen molar-refractivity contribution in [3.8, 4) is 0 Å². The van der Waals surface area contributed by atoms with Gasteiger partial charge in [0.25, 0.3) is 0 Å². The average molecular weight is 135 g/mol. The molecule has 0 unspecified atom stereocenters. The van der Waals surface area contributed by atoms with Crippen molar-refractivity contribution in [3.63, 3.8) is 0 Å². The highest BCUT2D eigenvalue weighted by atomic mass is 35.5. The Bertz CT molecular complexity index is 96.6. The molecule has 0 saturated heterocycles. The summed E-state index contributed by atoms with van der Waals surface area (Å²) in [6.45, 7) is 0. The molecule has 0 bridgehead atoms. The van der Waals surface area contributed by atoms with Crippen LogP contribution in [0.4, 0.5) is 0 Å². The SMILES string of the molecule is CN=C(N)C1CC1.Cl. The van der Waals surface area contributed by atoms with Gasteiger partial charge in [-0.05, 0) is 12.8 Å². The van der Waals surface area contributed by atoms with E-state index in [0.29, 0.717) is 5.92 Å². The van der Waals surface area contributed by atoms with Crippen LogP contribution in [0, 0.1) is 5.92 Å². The fourth-order valence-electron chi connectivity index (χ4n) is 0.562. The van der Waals surface area contributed by atoms with Gasteiger partial charge in [-0.1, -0.05) is 0 Å². The van der Waals surface area contributed by atoms with Crippen LogP contribution in [-0.2, 0) is 0 Å². The molecule has 0 heterocycles. The van der Waals surface area contributed by atoms with E-state index in [-0.39, 0.29) is 12.4 Å². The first kappa shape index (κ1) is 7.76. The lowest BCUT2D eigenvalue weighted by Crippen LogP contribution is -2.12. The summed E-state index contributed by atoms with van der Waals surface area (Å²) >= 11 is 0. The van der Waals surface area contributed by atoms with Gasteiger partial charge in [0.15, 0.2) is 0 Å². The van der Waals surface area contributed by atoms with Crippen molar-refractivity contribution in [1.82, 2.24) is 0 Å². The van der Waals surface area contributed by atoms with Crippen LogP contribution in [-0.4, -0.2) is 12.9 Å². The molecule has 1 rings (SSSR count). The fourth-order valence-corrected chi connectivity index (χ4v) is 0.562. The molecule has 2 N–H and O–H groups in total. The number of hydrogen-bond donors (Lipinski definition) is 1. The van der Waals surface area contributed by atoms with Crippen LogP contribution < -0.4 is 5.73 Å². The van der Waals surface area contributed by atoms with Gasteiger partial charge in [-0.2, -0.15) is 0 Å².